The van der Waals surface area contributed by atoms with Crippen molar-refractivity contribution in [3.05, 3.63) is 23.4 Å². The Kier molecular flexibility index (Phi) is 3.63. The predicted molar refractivity (Wildman–Crippen MR) is 57.3 cm³/mol. The van der Waals surface area contributed by atoms with Crippen molar-refractivity contribution in [1.29, 1.82) is 0 Å². The Morgan fingerprint density at radius 1 is 1.50 bits per heavy atom. The summed E-state index contributed by atoms with van der Waals surface area (Å²) in [4.78, 5) is 15.3. The zero-order chi connectivity index (χ0) is 10.6. The highest BCUT2D eigenvalue weighted by Crippen LogP contribution is 2.10. The van der Waals surface area contributed by atoms with E-state index in [-0.39, 0.29) is 5.78 Å². The standard InChI is InChI=1S/C11H16N2O/c1-3-4-5-10-6-9(8(2)14)7-11(12)13-10/h6-7H,3-5H2,1-2H3,(H2,12,13). The Bertz CT molecular complexity index is 334. The second-order valence-corrected chi connectivity index (χ2v) is 3.43. The molecule has 0 fully saturated rings. The average Bonchev–Trinajstić information content (AvgIpc) is 2.14. The van der Waals surface area contributed by atoms with Gasteiger partial charge >= 0.3 is 0 Å². The van der Waals surface area contributed by atoms with Gasteiger partial charge in [0.1, 0.15) is 5.82 Å². The molecular formula is C11H16N2O. The lowest BCUT2D eigenvalue weighted by Crippen LogP contribution is -2.01. The van der Waals surface area contributed by atoms with Crippen LogP contribution in [0.25, 0.3) is 0 Å². The lowest BCUT2D eigenvalue weighted by molar-refractivity contribution is 0.101. The van der Waals surface area contributed by atoms with Crippen molar-refractivity contribution in [1.82, 2.24) is 4.98 Å². The fourth-order valence-corrected chi connectivity index (χ4v) is 1.30. The number of Topliss-reactive ketones (excluding diaryl/α,β-unsaturated/α-hetero) is 1. The highest BCUT2D eigenvalue weighted by atomic mass is 16.1. The normalized spacial score (nSPS) is 10.1. The molecular weight excluding hydrogens is 176 g/mol. The zero-order valence-electron chi connectivity index (χ0n) is 8.71. The minimum absolute atomic E-state index is 0.0387. The molecule has 76 valence electrons. The van der Waals surface area contributed by atoms with Crippen molar-refractivity contribution in [3.8, 4) is 0 Å². The first-order valence-electron chi connectivity index (χ1n) is 4.91. The molecule has 0 saturated carbocycles. The van der Waals surface area contributed by atoms with Crippen LogP contribution in [0.2, 0.25) is 0 Å². The van der Waals surface area contributed by atoms with Gasteiger partial charge in [0.05, 0.1) is 0 Å². The summed E-state index contributed by atoms with van der Waals surface area (Å²) in [6.07, 6.45) is 3.08. The Labute approximate surface area is 84.3 Å². The fraction of sp³-hybridized carbons (Fsp3) is 0.455. The second kappa shape index (κ2) is 4.74. The van der Waals surface area contributed by atoms with Gasteiger partial charge in [0.25, 0.3) is 0 Å². The van der Waals surface area contributed by atoms with Crippen molar-refractivity contribution in [2.24, 2.45) is 0 Å². The molecule has 0 amide bonds. The van der Waals surface area contributed by atoms with Crippen molar-refractivity contribution >= 4 is 11.6 Å². The van der Waals surface area contributed by atoms with Crippen molar-refractivity contribution in [2.45, 2.75) is 33.1 Å². The second-order valence-electron chi connectivity index (χ2n) is 3.43. The molecule has 0 bridgehead atoms. The molecule has 1 rings (SSSR count). The number of aromatic nitrogens is 1. The van der Waals surface area contributed by atoms with Crippen molar-refractivity contribution in [3.63, 3.8) is 0 Å². The average molecular weight is 192 g/mol. The first-order valence-corrected chi connectivity index (χ1v) is 4.91. The Balaban J connectivity index is 2.89. The summed E-state index contributed by atoms with van der Waals surface area (Å²) in [5, 5.41) is 0. The number of ketones is 1. The Hall–Kier alpha value is -1.38. The van der Waals surface area contributed by atoms with Crippen molar-refractivity contribution in [2.75, 3.05) is 5.73 Å². The third kappa shape index (κ3) is 2.83. The van der Waals surface area contributed by atoms with Crippen LogP contribution in [0.4, 0.5) is 5.82 Å². The van der Waals surface area contributed by atoms with Gasteiger partial charge in [0.2, 0.25) is 0 Å². The third-order valence-electron chi connectivity index (χ3n) is 2.09. The minimum atomic E-state index is 0.0387. The number of carbonyl (C=O) groups is 1. The predicted octanol–water partition coefficient (Wildman–Crippen LogP) is 2.21. The van der Waals surface area contributed by atoms with Crippen LogP contribution in [0.3, 0.4) is 0 Å². The molecule has 3 nitrogen and oxygen atoms in total. The monoisotopic (exact) mass is 192 g/mol. The molecule has 0 saturated heterocycles. The molecule has 1 aromatic heterocycles. The van der Waals surface area contributed by atoms with E-state index in [9.17, 15) is 4.79 Å². The lowest BCUT2D eigenvalue weighted by Gasteiger charge is -2.03. The van der Waals surface area contributed by atoms with Crippen LogP contribution in [0.15, 0.2) is 12.1 Å². The zero-order valence-corrected chi connectivity index (χ0v) is 8.71. The molecule has 3 heteroatoms. The Morgan fingerprint density at radius 3 is 2.79 bits per heavy atom. The maximum atomic E-state index is 11.1. The van der Waals surface area contributed by atoms with Gasteiger partial charge in [-0.3, -0.25) is 4.79 Å². The third-order valence-corrected chi connectivity index (χ3v) is 2.09. The molecule has 2 N–H and O–H groups in total. The van der Waals surface area contributed by atoms with E-state index in [0.29, 0.717) is 11.4 Å². The van der Waals surface area contributed by atoms with Gasteiger partial charge in [-0.15, -0.1) is 0 Å². The SMILES string of the molecule is CCCCc1cc(C(C)=O)cc(N)n1. The first kappa shape index (κ1) is 10.7. The maximum absolute atomic E-state index is 11.1. The number of carbonyl (C=O) groups excluding carboxylic acids is 1. The van der Waals surface area contributed by atoms with E-state index >= 15 is 0 Å². The number of unbranched alkanes of at least 4 members (excludes halogenated alkanes) is 1. The van der Waals surface area contributed by atoms with Gasteiger partial charge in [-0.2, -0.15) is 0 Å². The number of nitrogens with two attached hydrogens (primary N) is 1. The van der Waals surface area contributed by atoms with Crippen LogP contribution < -0.4 is 5.73 Å². The number of aryl methyl sites for hydroxylation is 1. The van der Waals surface area contributed by atoms with E-state index in [0.717, 1.165) is 25.0 Å². The van der Waals surface area contributed by atoms with E-state index < -0.39 is 0 Å². The molecule has 0 spiro atoms. The molecule has 0 atom stereocenters. The molecule has 14 heavy (non-hydrogen) atoms. The highest BCUT2D eigenvalue weighted by molar-refractivity contribution is 5.94. The highest BCUT2D eigenvalue weighted by Gasteiger charge is 2.03. The quantitative estimate of drug-likeness (QED) is 0.744. The van der Waals surface area contributed by atoms with Gasteiger partial charge < -0.3 is 5.73 Å². The van der Waals surface area contributed by atoms with Gasteiger partial charge in [0.15, 0.2) is 5.78 Å². The summed E-state index contributed by atoms with van der Waals surface area (Å²) in [5.41, 5.74) is 7.18. The first-order chi connectivity index (χ1) is 6.63. The van der Waals surface area contributed by atoms with Gasteiger partial charge in [-0.05, 0) is 31.9 Å². The smallest absolute Gasteiger partial charge is 0.160 e. The van der Waals surface area contributed by atoms with Crippen LogP contribution in [-0.4, -0.2) is 10.8 Å². The number of rotatable bonds is 4. The number of pyridine rings is 1. The summed E-state index contributed by atoms with van der Waals surface area (Å²) < 4.78 is 0. The largest absolute Gasteiger partial charge is 0.384 e. The molecule has 0 aliphatic rings. The van der Waals surface area contributed by atoms with Crippen LogP contribution in [0.5, 0.6) is 0 Å². The van der Waals surface area contributed by atoms with Crippen LogP contribution >= 0.6 is 0 Å². The van der Waals surface area contributed by atoms with Crippen molar-refractivity contribution < 1.29 is 4.79 Å². The van der Waals surface area contributed by atoms with Crippen LogP contribution in [-0.2, 0) is 6.42 Å². The van der Waals surface area contributed by atoms with E-state index in [1.54, 1.807) is 13.0 Å². The lowest BCUT2D eigenvalue weighted by atomic mass is 10.1. The van der Waals surface area contributed by atoms with Gasteiger partial charge in [-0.1, -0.05) is 13.3 Å². The number of anilines is 1. The number of nitrogen functional groups attached to an aromatic ring is 1. The van der Waals surface area contributed by atoms with E-state index in [1.165, 1.54) is 0 Å². The van der Waals surface area contributed by atoms with E-state index in [4.69, 9.17) is 5.73 Å². The summed E-state index contributed by atoms with van der Waals surface area (Å²) in [6.45, 7) is 3.66. The summed E-state index contributed by atoms with van der Waals surface area (Å²) in [7, 11) is 0. The van der Waals surface area contributed by atoms with Crippen LogP contribution in [0, 0.1) is 0 Å². The minimum Gasteiger partial charge on any atom is -0.384 e. The molecule has 0 radical (unpaired) electrons. The summed E-state index contributed by atoms with van der Waals surface area (Å²) in [5.74, 6) is 0.473. The summed E-state index contributed by atoms with van der Waals surface area (Å²) >= 11 is 0. The maximum Gasteiger partial charge on any atom is 0.160 e. The molecule has 0 aromatic carbocycles. The summed E-state index contributed by atoms with van der Waals surface area (Å²) in [6, 6.07) is 3.45. The number of hydrogen-bond acceptors (Lipinski definition) is 3. The topological polar surface area (TPSA) is 56.0 Å². The van der Waals surface area contributed by atoms with E-state index in [1.807, 2.05) is 6.07 Å². The molecule has 0 aliphatic heterocycles. The Morgan fingerprint density at radius 2 is 2.21 bits per heavy atom. The van der Waals surface area contributed by atoms with Gasteiger partial charge in [-0.25, -0.2) is 4.98 Å². The molecule has 1 heterocycles. The molecule has 0 unspecified atom stereocenters. The van der Waals surface area contributed by atoms with E-state index in [2.05, 4.69) is 11.9 Å². The van der Waals surface area contributed by atoms with Crippen LogP contribution in [0.1, 0.15) is 42.7 Å². The fourth-order valence-electron chi connectivity index (χ4n) is 1.30. The molecule has 1 aromatic rings. The number of hydrogen-bond donors (Lipinski definition) is 1. The number of nitrogens with zero attached hydrogens (tertiary/aromatic N) is 1. The molecule has 0 aliphatic carbocycles. The van der Waals surface area contributed by atoms with Gasteiger partial charge in [0, 0.05) is 11.3 Å².